The Kier molecular flexibility index (Phi) is 5.47. The maximum atomic E-state index is 12.0. The average Bonchev–Trinajstić information content (AvgIpc) is 2.67. The van der Waals surface area contributed by atoms with E-state index < -0.39 is 17.2 Å². The highest BCUT2D eigenvalue weighted by molar-refractivity contribution is 5.75. The van der Waals surface area contributed by atoms with Crippen LogP contribution in [0.25, 0.3) is 0 Å². The van der Waals surface area contributed by atoms with Crippen molar-refractivity contribution in [3.63, 3.8) is 0 Å². The molecule has 0 saturated heterocycles. The number of carbonyl (C=O) groups is 2. The first-order valence-electron chi connectivity index (χ1n) is 8.02. The molecule has 1 aromatic carbocycles. The van der Waals surface area contributed by atoms with Crippen LogP contribution < -0.4 is 10.1 Å². The molecule has 2 rings (SSSR count). The molecule has 1 N–H and O–H groups in total. The van der Waals surface area contributed by atoms with Crippen LogP contribution in [0.1, 0.15) is 38.1 Å². The second-order valence-electron chi connectivity index (χ2n) is 6.96. The number of benzene rings is 1. The first-order valence-corrected chi connectivity index (χ1v) is 8.02. The number of allylic oxidation sites excluding steroid dienone is 3. The minimum Gasteiger partial charge on any atom is -0.457 e. The lowest BCUT2D eigenvalue weighted by Crippen LogP contribution is -2.45. The van der Waals surface area contributed by atoms with Gasteiger partial charge in [-0.3, -0.25) is 4.79 Å². The van der Waals surface area contributed by atoms with E-state index in [0.29, 0.717) is 17.1 Å². The predicted molar refractivity (Wildman–Crippen MR) is 96.6 cm³/mol. The van der Waals surface area contributed by atoms with Crippen LogP contribution in [0, 0.1) is 0 Å². The molecule has 0 heterocycles. The molecular formula is C20H23NO4. The van der Waals surface area contributed by atoms with Crippen LogP contribution in [0.5, 0.6) is 5.75 Å². The number of amides is 1. The van der Waals surface area contributed by atoms with Gasteiger partial charge in [0, 0.05) is 5.56 Å². The van der Waals surface area contributed by atoms with Crippen molar-refractivity contribution >= 4 is 12.4 Å². The minimum atomic E-state index is -0.700. The summed E-state index contributed by atoms with van der Waals surface area (Å²) in [6.45, 7) is 7.30. The Morgan fingerprint density at radius 1 is 1.24 bits per heavy atom. The highest BCUT2D eigenvalue weighted by Crippen LogP contribution is 2.20. The van der Waals surface area contributed by atoms with Crippen molar-refractivity contribution in [2.45, 2.75) is 38.8 Å². The fourth-order valence-electron chi connectivity index (χ4n) is 2.17. The summed E-state index contributed by atoms with van der Waals surface area (Å²) in [4.78, 5) is 22.9. The van der Waals surface area contributed by atoms with E-state index in [1.54, 1.807) is 42.5 Å². The Balaban J connectivity index is 2.06. The summed E-state index contributed by atoms with van der Waals surface area (Å²) in [6, 6.07) is 6.89. The van der Waals surface area contributed by atoms with E-state index in [1.165, 1.54) is 0 Å². The van der Waals surface area contributed by atoms with Gasteiger partial charge >= 0.3 is 6.09 Å². The first-order chi connectivity index (χ1) is 11.7. The van der Waals surface area contributed by atoms with Gasteiger partial charge in [-0.1, -0.05) is 30.4 Å². The van der Waals surface area contributed by atoms with E-state index in [-0.39, 0.29) is 0 Å². The molecule has 1 amide bonds. The maximum absolute atomic E-state index is 12.0. The molecule has 5 heteroatoms. The molecule has 0 aromatic heterocycles. The molecule has 0 bridgehead atoms. The van der Waals surface area contributed by atoms with Gasteiger partial charge in [-0.2, -0.15) is 0 Å². The van der Waals surface area contributed by atoms with Crippen molar-refractivity contribution in [3.8, 4) is 5.75 Å². The average molecular weight is 341 g/mol. The summed E-state index contributed by atoms with van der Waals surface area (Å²) in [6.07, 6.45) is 9.29. The molecule has 0 spiro atoms. The van der Waals surface area contributed by atoms with Crippen molar-refractivity contribution in [2.75, 3.05) is 0 Å². The number of nitrogens with one attached hydrogen (secondary N) is 1. The van der Waals surface area contributed by atoms with Crippen LogP contribution in [0.3, 0.4) is 0 Å². The topological polar surface area (TPSA) is 64.6 Å². The Hall–Kier alpha value is -2.82. The molecule has 1 aliphatic rings. The normalized spacial score (nSPS) is 19.6. The van der Waals surface area contributed by atoms with Crippen LogP contribution in [0.15, 0.2) is 60.4 Å². The number of ether oxygens (including phenoxy) is 2. The molecule has 5 nitrogen and oxygen atoms in total. The second-order valence-corrected chi connectivity index (χ2v) is 6.96. The van der Waals surface area contributed by atoms with Crippen molar-refractivity contribution < 1.29 is 19.1 Å². The van der Waals surface area contributed by atoms with Gasteiger partial charge in [0.2, 0.25) is 0 Å². The fraction of sp³-hybridized carbons (Fsp3) is 0.300. The van der Waals surface area contributed by atoms with Crippen molar-refractivity contribution in [3.05, 3.63) is 66.0 Å². The van der Waals surface area contributed by atoms with Crippen LogP contribution in [0.2, 0.25) is 0 Å². The summed E-state index contributed by atoms with van der Waals surface area (Å²) in [7, 11) is 0. The molecule has 25 heavy (non-hydrogen) atoms. The Labute approximate surface area is 148 Å². The van der Waals surface area contributed by atoms with E-state index in [1.807, 2.05) is 39.8 Å². The van der Waals surface area contributed by atoms with Crippen molar-refractivity contribution in [1.29, 1.82) is 0 Å². The maximum Gasteiger partial charge on any atom is 0.408 e. The number of aldehydes is 1. The molecular weight excluding hydrogens is 318 g/mol. The highest BCUT2D eigenvalue weighted by atomic mass is 16.6. The molecule has 0 saturated carbocycles. The van der Waals surface area contributed by atoms with Crippen LogP contribution in [-0.4, -0.2) is 23.5 Å². The van der Waals surface area contributed by atoms with Gasteiger partial charge < -0.3 is 14.8 Å². The minimum absolute atomic E-state index is 0.493. The number of alkyl carbamates (subject to hydrolysis) is 1. The Bertz CT molecular complexity index is 740. The first kappa shape index (κ1) is 18.5. The van der Waals surface area contributed by atoms with Crippen LogP contribution in [-0.2, 0) is 4.74 Å². The smallest absolute Gasteiger partial charge is 0.408 e. The molecule has 1 aliphatic carbocycles. The molecule has 1 aromatic rings. The van der Waals surface area contributed by atoms with Gasteiger partial charge in [-0.05, 0) is 52.0 Å². The monoisotopic (exact) mass is 341 g/mol. The van der Waals surface area contributed by atoms with Crippen LogP contribution >= 0.6 is 0 Å². The van der Waals surface area contributed by atoms with E-state index in [9.17, 15) is 9.59 Å². The van der Waals surface area contributed by atoms with Crippen molar-refractivity contribution in [1.82, 2.24) is 5.32 Å². The van der Waals surface area contributed by atoms with Gasteiger partial charge in [-0.15, -0.1) is 0 Å². The number of carbonyl (C=O) groups excluding carboxylic acids is 2. The quantitative estimate of drug-likeness (QED) is 0.835. The van der Waals surface area contributed by atoms with E-state index in [2.05, 4.69) is 5.32 Å². The highest BCUT2D eigenvalue weighted by Gasteiger charge is 2.25. The lowest BCUT2D eigenvalue weighted by atomic mass is 10.0. The molecule has 0 fully saturated rings. The Morgan fingerprint density at radius 2 is 2.00 bits per heavy atom. The fourth-order valence-corrected chi connectivity index (χ4v) is 2.17. The zero-order valence-corrected chi connectivity index (χ0v) is 14.9. The third-order valence-electron chi connectivity index (χ3n) is 3.30. The number of rotatable bonds is 4. The standard InChI is InChI=1S/C20H23NO4/c1-19(2,3)25-18(23)21-20(4)11-6-9-16(10-12-20)24-17-8-5-7-15(13-17)14-22/h5-14H,1-4H3,(H,21,23). The molecule has 132 valence electrons. The number of hydrogen-bond donors (Lipinski definition) is 1. The molecule has 1 unspecified atom stereocenters. The SMILES string of the molecule is CC1(NC(=O)OC(C)(C)C)C=CC=C(Oc2cccc(C=O)c2)C=C1. The zero-order chi connectivity index (χ0) is 18.5. The van der Waals surface area contributed by atoms with E-state index >= 15 is 0 Å². The largest absolute Gasteiger partial charge is 0.457 e. The van der Waals surface area contributed by atoms with E-state index in [4.69, 9.17) is 9.47 Å². The van der Waals surface area contributed by atoms with Gasteiger partial charge in [0.15, 0.2) is 0 Å². The Morgan fingerprint density at radius 3 is 2.68 bits per heavy atom. The second kappa shape index (κ2) is 7.38. The molecule has 0 radical (unpaired) electrons. The van der Waals surface area contributed by atoms with Crippen LogP contribution in [0.4, 0.5) is 4.79 Å². The summed E-state index contributed by atoms with van der Waals surface area (Å²) < 4.78 is 11.1. The van der Waals surface area contributed by atoms with Gasteiger partial charge in [-0.25, -0.2) is 4.79 Å². The summed E-state index contributed by atoms with van der Waals surface area (Å²) in [5.74, 6) is 1.16. The summed E-state index contributed by atoms with van der Waals surface area (Å²) in [5.41, 5.74) is -0.716. The summed E-state index contributed by atoms with van der Waals surface area (Å²) in [5, 5.41) is 2.82. The van der Waals surface area contributed by atoms with Gasteiger partial charge in [0.25, 0.3) is 0 Å². The molecule has 1 atom stereocenters. The van der Waals surface area contributed by atoms with Crippen molar-refractivity contribution in [2.24, 2.45) is 0 Å². The lowest BCUT2D eigenvalue weighted by molar-refractivity contribution is 0.0499. The summed E-state index contributed by atoms with van der Waals surface area (Å²) >= 11 is 0. The van der Waals surface area contributed by atoms with E-state index in [0.717, 1.165) is 6.29 Å². The lowest BCUT2D eigenvalue weighted by Gasteiger charge is -2.26. The molecule has 0 aliphatic heterocycles. The third-order valence-corrected chi connectivity index (χ3v) is 3.30. The van der Waals surface area contributed by atoms with Gasteiger partial charge in [0.05, 0.1) is 5.54 Å². The third kappa shape index (κ3) is 5.95. The van der Waals surface area contributed by atoms with Gasteiger partial charge in [0.1, 0.15) is 23.4 Å². The predicted octanol–water partition coefficient (Wildman–Crippen LogP) is 4.17. The number of hydrogen-bond acceptors (Lipinski definition) is 4. The zero-order valence-electron chi connectivity index (χ0n) is 14.9.